The van der Waals surface area contributed by atoms with Crippen LogP contribution in [0.3, 0.4) is 0 Å². The van der Waals surface area contributed by atoms with Gasteiger partial charge in [0.1, 0.15) is 0 Å². The minimum absolute atomic E-state index is 0.181. The van der Waals surface area contributed by atoms with Crippen molar-refractivity contribution in [1.29, 1.82) is 0 Å². The van der Waals surface area contributed by atoms with Gasteiger partial charge in [-0.1, -0.05) is 13.0 Å². The lowest BCUT2D eigenvalue weighted by molar-refractivity contribution is 0.299. The molecular weight excluding hydrogens is 126 g/mol. The molecule has 1 N–H and O–H groups in total. The van der Waals surface area contributed by atoms with Gasteiger partial charge in [-0.3, -0.25) is 4.99 Å². The molecule has 0 bridgehead atoms. The number of aliphatic hydroxyl groups excluding tert-OH is 1. The second-order valence-corrected chi connectivity index (χ2v) is 1.97. The minimum atomic E-state index is 0.181. The first kappa shape index (κ1) is 9.37. The SMILES string of the molecule is C/C=C(/CCO)N=CCC. The molecule has 58 valence electrons. The maximum Gasteiger partial charge on any atom is 0.0486 e. The van der Waals surface area contributed by atoms with Crippen molar-refractivity contribution in [2.45, 2.75) is 26.7 Å². The molecular formula is C8H15NO. The molecule has 0 aliphatic rings. The molecule has 0 aromatic heterocycles. The Morgan fingerprint density at radius 2 is 2.30 bits per heavy atom. The molecule has 0 aliphatic heterocycles. The Labute approximate surface area is 62.3 Å². The summed E-state index contributed by atoms with van der Waals surface area (Å²) in [6.07, 6.45) is 5.38. The minimum Gasteiger partial charge on any atom is -0.396 e. The Balaban J connectivity index is 3.72. The van der Waals surface area contributed by atoms with E-state index in [1.807, 2.05) is 26.1 Å². The molecule has 0 aliphatic carbocycles. The van der Waals surface area contributed by atoms with Crippen LogP contribution in [0.15, 0.2) is 16.8 Å². The van der Waals surface area contributed by atoms with Crippen LogP contribution in [0.4, 0.5) is 0 Å². The van der Waals surface area contributed by atoms with Gasteiger partial charge >= 0.3 is 0 Å². The first-order chi connectivity index (χ1) is 4.85. The molecule has 0 saturated carbocycles. The van der Waals surface area contributed by atoms with E-state index in [0.29, 0.717) is 6.42 Å². The summed E-state index contributed by atoms with van der Waals surface area (Å²) in [5.74, 6) is 0. The molecule has 0 amide bonds. The van der Waals surface area contributed by atoms with E-state index in [4.69, 9.17) is 5.11 Å². The maximum absolute atomic E-state index is 8.55. The molecule has 0 heterocycles. The fourth-order valence-corrected chi connectivity index (χ4v) is 0.607. The second kappa shape index (κ2) is 6.49. The summed E-state index contributed by atoms with van der Waals surface area (Å²) in [7, 11) is 0. The van der Waals surface area contributed by atoms with Gasteiger partial charge in [-0.15, -0.1) is 0 Å². The van der Waals surface area contributed by atoms with Gasteiger partial charge in [0, 0.05) is 24.9 Å². The van der Waals surface area contributed by atoms with Gasteiger partial charge < -0.3 is 5.11 Å². The molecule has 2 heteroatoms. The van der Waals surface area contributed by atoms with E-state index in [1.165, 1.54) is 0 Å². The zero-order valence-electron chi connectivity index (χ0n) is 6.67. The van der Waals surface area contributed by atoms with Crippen molar-refractivity contribution < 1.29 is 5.11 Å². The Kier molecular flexibility index (Phi) is 6.08. The summed E-state index contributed by atoms with van der Waals surface area (Å²) in [5.41, 5.74) is 0.962. The summed E-state index contributed by atoms with van der Waals surface area (Å²) in [6, 6.07) is 0. The van der Waals surface area contributed by atoms with Crippen molar-refractivity contribution in [2.75, 3.05) is 6.61 Å². The first-order valence-electron chi connectivity index (χ1n) is 3.63. The van der Waals surface area contributed by atoms with Crippen molar-refractivity contribution >= 4 is 6.21 Å². The van der Waals surface area contributed by atoms with E-state index in [2.05, 4.69) is 4.99 Å². The highest BCUT2D eigenvalue weighted by molar-refractivity contribution is 5.58. The van der Waals surface area contributed by atoms with Gasteiger partial charge in [-0.2, -0.15) is 0 Å². The average molecular weight is 141 g/mol. The third-order valence-corrected chi connectivity index (χ3v) is 1.14. The quantitative estimate of drug-likeness (QED) is 0.594. The van der Waals surface area contributed by atoms with Gasteiger partial charge in [0.15, 0.2) is 0 Å². The highest BCUT2D eigenvalue weighted by Crippen LogP contribution is 2.00. The number of nitrogens with zero attached hydrogens (tertiary/aromatic N) is 1. The Morgan fingerprint density at radius 3 is 2.70 bits per heavy atom. The lowest BCUT2D eigenvalue weighted by atomic mass is 10.3. The molecule has 2 nitrogen and oxygen atoms in total. The summed E-state index contributed by atoms with van der Waals surface area (Å²) in [6.45, 7) is 4.15. The molecule has 0 fully saturated rings. The summed E-state index contributed by atoms with van der Waals surface area (Å²) < 4.78 is 0. The van der Waals surface area contributed by atoms with Crippen molar-refractivity contribution in [1.82, 2.24) is 0 Å². The largest absolute Gasteiger partial charge is 0.396 e. The monoisotopic (exact) mass is 141 g/mol. The number of aliphatic imine (C=N–C) groups is 1. The van der Waals surface area contributed by atoms with Gasteiger partial charge in [0.2, 0.25) is 0 Å². The van der Waals surface area contributed by atoms with E-state index in [9.17, 15) is 0 Å². The van der Waals surface area contributed by atoms with E-state index < -0.39 is 0 Å². The molecule has 0 aromatic rings. The number of rotatable bonds is 4. The molecule has 0 rings (SSSR count). The summed E-state index contributed by atoms with van der Waals surface area (Å²) >= 11 is 0. The topological polar surface area (TPSA) is 32.6 Å². The van der Waals surface area contributed by atoms with Gasteiger partial charge in [-0.25, -0.2) is 0 Å². The van der Waals surface area contributed by atoms with E-state index >= 15 is 0 Å². The second-order valence-electron chi connectivity index (χ2n) is 1.97. The molecule has 0 aromatic carbocycles. The van der Waals surface area contributed by atoms with E-state index in [1.54, 1.807) is 0 Å². The van der Waals surface area contributed by atoms with Crippen LogP contribution < -0.4 is 0 Å². The highest BCUT2D eigenvalue weighted by atomic mass is 16.3. The third-order valence-electron chi connectivity index (χ3n) is 1.14. The van der Waals surface area contributed by atoms with Crippen LogP contribution in [0.25, 0.3) is 0 Å². The third kappa shape index (κ3) is 4.27. The fourth-order valence-electron chi connectivity index (χ4n) is 0.607. The molecule has 10 heavy (non-hydrogen) atoms. The van der Waals surface area contributed by atoms with Crippen molar-refractivity contribution in [3.8, 4) is 0 Å². The average Bonchev–Trinajstić information content (AvgIpc) is 1.98. The number of hydrogen-bond donors (Lipinski definition) is 1. The zero-order valence-corrected chi connectivity index (χ0v) is 6.67. The predicted molar refractivity (Wildman–Crippen MR) is 44.2 cm³/mol. The summed E-state index contributed by atoms with van der Waals surface area (Å²) in [4.78, 5) is 4.13. The van der Waals surface area contributed by atoms with Crippen LogP contribution in [-0.4, -0.2) is 17.9 Å². The predicted octanol–water partition coefficient (Wildman–Crippen LogP) is 1.75. The maximum atomic E-state index is 8.55. The lowest BCUT2D eigenvalue weighted by Gasteiger charge is -1.94. The summed E-state index contributed by atoms with van der Waals surface area (Å²) in [5, 5.41) is 8.55. The first-order valence-corrected chi connectivity index (χ1v) is 3.63. The van der Waals surface area contributed by atoms with Gasteiger partial charge in [-0.05, 0) is 13.3 Å². The molecule has 0 saturated heterocycles. The number of allylic oxidation sites excluding steroid dienone is 1. The van der Waals surface area contributed by atoms with Crippen LogP contribution in [-0.2, 0) is 0 Å². The van der Waals surface area contributed by atoms with Gasteiger partial charge in [0.05, 0.1) is 0 Å². The van der Waals surface area contributed by atoms with Crippen molar-refractivity contribution in [3.63, 3.8) is 0 Å². The molecule has 0 spiro atoms. The highest BCUT2D eigenvalue weighted by Gasteiger charge is 1.87. The van der Waals surface area contributed by atoms with Crippen LogP contribution in [0.2, 0.25) is 0 Å². The Morgan fingerprint density at radius 1 is 1.60 bits per heavy atom. The standard InChI is InChI=1S/C8H15NO/c1-3-6-9-8(4-2)5-7-10/h4,6,10H,3,5,7H2,1-2H3/b8-4-,9-6?. The number of aliphatic hydroxyl groups is 1. The van der Waals surface area contributed by atoms with Crippen LogP contribution in [0.1, 0.15) is 26.7 Å². The zero-order chi connectivity index (χ0) is 7.82. The number of hydrogen-bond acceptors (Lipinski definition) is 2. The van der Waals surface area contributed by atoms with Crippen molar-refractivity contribution in [3.05, 3.63) is 11.8 Å². The molecule has 0 atom stereocenters. The Hall–Kier alpha value is -0.630. The van der Waals surface area contributed by atoms with Crippen molar-refractivity contribution in [2.24, 2.45) is 4.99 Å². The fraction of sp³-hybridized carbons (Fsp3) is 0.625. The Bertz CT molecular complexity index is 127. The molecule has 0 radical (unpaired) electrons. The van der Waals surface area contributed by atoms with Crippen LogP contribution in [0.5, 0.6) is 0 Å². The van der Waals surface area contributed by atoms with E-state index in [-0.39, 0.29) is 6.61 Å². The van der Waals surface area contributed by atoms with Gasteiger partial charge in [0.25, 0.3) is 0 Å². The lowest BCUT2D eigenvalue weighted by Crippen LogP contribution is -1.85. The molecule has 0 unspecified atom stereocenters. The van der Waals surface area contributed by atoms with Crippen LogP contribution in [0, 0.1) is 0 Å². The van der Waals surface area contributed by atoms with E-state index in [0.717, 1.165) is 12.1 Å². The normalized spacial score (nSPS) is 12.9. The smallest absolute Gasteiger partial charge is 0.0486 e. The van der Waals surface area contributed by atoms with Crippen LogP contribution >= 0.6 is 0 Å².